The second-order valence-corrected chi connectivity index (χ2v) is 4.29. The van der Waals surface area contributed by atoms with Gasteiger partial charge in [-0.2, -0.15) is 5.10 Å². The monoisotopic (exact) mass is 250 g/mol. The molecule has 0 atom stereocenters. The predicted molar refractivity (Wildman–Crippen MR) is 75.1 cm³/mol. The quantitative estimate of drug-likeness (QED) is 0.750. The van der Waals surface area contributed by atoms with Gasteiger partial charge in [0.05, 0.1) is 11.9 Å². The standard InChI is InChI=1S/C15H14N4/c16-9-14-10-18-19-15(14)13-3-1-11(2-4-13)12-5-7-17-8-6-12/h1-8,10H,9,16H2,(H,18,19). The van der Waals surface area contributed by atoms with E-state index in [0.717, 1.165) is 22.4 Å². The third-order valence-corrected chi connectivity index (χ3v) is 3.12. The van der Waals surface area contributed by atoms with E-state index >= 15 is 0 Å². The molecule has 0 unspecified atom stereocenters. The van der Waals surface area contributed by atoms with Gasteiger partial charge in [-0.05, 0) is 28.8 Å². The van der Waals surface area contributed by atoms with E-state index in [4.69, 9.17) is 5.73 Å². The van der Waals surface area contributed by atoms with E-state index < -0.39 is 0 Å². The molecule has 0 bridgehead atoms. The zero-order valence-electron chi connectivity index (χ0n) is 10.4. The van der Waals surface area contributed by atoms with E-state index in [-0.39, 0.29) is 0 Å². The molecule has 3 aromatic rings. The summed E-state index contributed by atoms with van der Waals surface area (Å²) < 4.78 is 0. The average molecular weight is 250 g/mol. The molecule has 0 radical (unpaired) electrons. The molecule has 0 aliphatic rings. The Morgan fingerprint density at radius 3 is 2.21 bits per heavy atom. The maximum absolute atomic E-state index is 5.69. The van der Waals surface area contributed by atoms with Crippen molar-refractivity contribution in [2.75, 3.05) is 0 Å². The van der Waals surface area contributed by atoms with Crippen LogP contribution in [-0.4, -0.2) is 15.2 Å². The fourth-order valence-corrected chi connectivity index (χ4v) is 2.09. The van der Waals surface area contributed by atoms with Gasteiger partial charge in [0.15, 0.2) is 0 Å². The number of aromatic nitrogens is 3. The fraction of sp³-hybridized carbons (Fsp3) is 0.0667. The highest BCUT2D eigenvalue weighted by atomic mass is 15.1. The number of nitrogens with zero attached hydrogens (tertiary/aromatic N) is 2. The SMILES string of the molecule is NCc1cn[nH]c1-c1ccc(-c2ccncc2)cc1. The van der Waals surface area contributed by atoms with Gasteiger partial charge >= 0.3 is 0 Å². The van der Waals surface area contributed by atoms with Gasteiger partial charge < -0.3 is 5.73 Å². The van der Waals surface area contributed by atoms with Crippen molar-refractivity contribution in [3.8, 4) is 22.4 Å². The molecule has 94 valence electrons. The van der Waals surface area contributed by atoms with Gasteiger partial charge in [0.1, 0.15) is 0 Å². The smallest absolute Gasteiger partial charge is 0.0695 e. The number of nitrogens with two attached hydrogens (primary N) is 1. The van der Waals surface area contributed by atoms with Gasteiger partial charge in [-0.25, -0.2) is 0 Å². The van der Waals surface area contributed by atoms with Crippen molar-refractivity contribution < 1.29 is 0 Å². The van der Waals surface area contributed by atoms with E-state index in [2.05, 4.69) is 39.4 Å². The van der Waals surface area contributed by atoms with Gasteiger partial charge in [0.2, 0.25) is 0 Å². The van der Waals surface area contributed by atoms with Crippen LogP contribution < -0.4 is 5.73 Å². The molecule has 0 amide bonds. The fourth-order valence-electron chi connectivity index (χ4n) is 2.09. The molecule has 3 N–H and O–H groups in total. The average Bonchev–Trinajstić information content (AvgIpc) is 2.97. The number of nitrogens with one attached hydrogen (secondary N) is 1. The molecule has 19 heavy (non-hydrogen) atoms. The van der Waals surface area contributed by atoms with Crippen molar-refractivity contribution in [2.24, 2.45) is 5.73 Å². The molecule has 0 saturated carbocycles. The Hall–Kier alpha value is -2.46. The maximum atomic E-state index is 5.69. The Balaban J connectivity index is 1.96. The van der Waals surface area contributed by atoms with Gasteiger partial charge in [-0.15, -0.1) is 0 Å². The summed E-state index contributed by atoms with van der Waals surface area (Å²) in [7, 11) is 0. The van der Waals surface area contributed by atoms with Crippen LogP contribution in [0, 0.1) is 0 Å². The molecule has 3 rings (SSSR count). The number of H-pyrrole nitrogens is 1. The van der Waals surface area contributed by atoms with Crippen molar-refractivity contribution in [3.05, 3.63) is 60.6 Å². The predicted octanol–water partition coefficient (Wildman–Crippen LogP) is 2.60. The highest BCUT2D eigenvalue weighted by Gasteiger charge is 2.06. The van der Waals surface area contributed by atoms with Crippen LogP contribution in [0.3, 0.4) is 0 Å². The lowest BCUT2D eigenvalue weighted by molar-refractivity contribution is 1.08. The van der Waals surface area contributed by atoms with E-state index in [1.165, 1.54) is 5.56 Å². The van der Waals surface area contributed by atoms with Crippen molar-refractivity contribution in [2.45, 2.75) is 6.54 Å². The van der Waals surface area contributed by atoms with Crippen LogP contribution in [0.25, 0.3) is 22.4 Å². The summed E-state index contributed by atoms with van der Waals surface area (Å²) >= 11 is 0. The molecule has 4 heteroatoms. The lowest BCUT2D eigenvalue weighted by Crippen LogP contribution is -1.96. The summed E-state index contributed by atoms with van der Waals surface area (Å²) in [6.07, 6.45) is 5.36. The number of aromatic amines is 1. The number of benzene rings is 1. The summed E-state index contributed by atoms with van der Waals surface area (Å²) in [6, 6.07) is 12.3. The molecule has 0 fully saturated rings. The minimum atomic E-state index is 0.484. The van der Waals surface area contributed by atoms with Crippen LogP contribution in [0.15, 0.2) is 55.0 Å². The first-order chi connectivity index (χ1) is 9.38. The summed E-state index contributed by atoms with van der Waals surface area (Å²) in [4.78, 5) is 4.02. The molecule has 0 spiro atoms. The Morgan fingerprint density at radius 1 is 0.895 bits per heavy atom. The molecular formula is C15H14N4. The van der Waals surface area contributed by atoms with Crippen molar-refractivity contribution in [1.82, 2.24) is 15.2 Å². The molecule has 0 aliphatic heterocycles. The first kappa shape index (κ1) is 11.6. The van der Waals surface area contributed by atoms with Gasteiger partial charge in [-0.3, -0.25) is 10.1 Å². The van der Waals surface area contributed by atoms with E-state index in [1.54, 1.807) is 18.6 Å². The van der Waals surface area contributed by atoms with Gasteiger partial charge in [0, 0.05) is 24.5 Å². The lowest BCUT2D eigenvalue weighted by atomic mass is 10.0. The summed E-state index contributed by atoms with van der Waals surface area (Å²) in [6.45, 7) is 0.484. The normalized spacial score (nSPS) is 10.6. The molecule has 1 aromatic carbocycles. The molecule has 0 aliphatic carbocycles. The minimum absolute atomic E-state index is 0.484. The zero-order chi connectivity index (χ0) is 13.1. The van der Waals surface area contributed by atoms with Gasteiger partial charge in [0.25, 0.3) is 0 Å². The number of pyridine rings is 1. The van der Waals surface area contributed by atoms with Crippen LogP contribution in [0.2, 0.25) is 0 Å². The number of hydrogen-bond donors (Lipinski definition) is 2. The van der Waals surface area contributed by atoms with Crippen LogP contribution in [0.5, 0.6) is 0 Å². The Labute approximate surface area is 111 Å². The van der Waals surface area contributed by atoms with E-state index in [9.17, 15) is 0 Å². The van der Waals surface area contributed by atoms with Crippen molar-refractivity contribution in [1.29, 1.82) is 0 Å². The largest absolute Gasteiger partial charge is 0.326 e. The Kier molecular flexibility index (Phi) is 3.08. The topological polar surface area (TPSA) is 67.6 Å². The summed E-state index contributed by atoms with van der Waals surface area (Å²) in [5.41, 5.74) is 11.1. The highest BCUT2D eigenvalue weighted by molar-refractivity contribution is 5.69. The zero-order valence-corrected chi connectivity index (χ0v) is 10.4. The summed E-state index contributed by atoms with van der Waals surface area (Å²) in [5.74, 6) is 0. The van der Waals surface area contributed by atoms with Gasteiger partial charge in [-0.1, -0.05) is 24.3 Å². The van der Waals surface area contributed by atoms with Crippen molar-refractivity contribution in [3.63, 3.8) is 0 Å². The third kappa shape index (κ3) is 2.26. The second-order valence-electron chi connectivity index (χ2n) is 4.29. The molecule has 2 heterocycles. The molecular weight excluding hydrogens is 236 g/mol. The van der Waals surface area contributed by atoms with E-state index in [0.29, 0.717) is 6.54 Å². The first-order valence-corrected chi connectivity index (χ1v) is 6.11. The second kappa shape index (κ2) is 5.04. The molecule has 0 saturated heterocycles. The van der Waals surface area contributed by atoms with Crippen LogP contribution in [0.1, 0.15) is 5.56 Å². The van der Waals surface area contributed by atoms with E-state index in [1.807, 2.05) is 12.1 Å². The Morgan fingerprint density at radius 2 is 1.53 bits per heavy atom. The Bertz CT molecular complexity index is 656. The van der Waals surface area contributed by atoms with Crippen LogP contribution >= 0.6 is 0 Å². The maximum Gasteiger partial charge on any atom is 0.0695 e. The molecule has 4 nitrogen and oxygen atoms in total. The molecule has 2 aromatic heterocycles. The highest BCUT2D eigenvalue weighted by Crippen LogP contribution is 2.25. The first-order valence-electron chi connectivity index (χ1n) is 6.11. The van der Waals surface area contributed by atoms with Crippen LogP contribution in [0.4, 0.5) is 0 Å². The van der Waals surface area contributed by atoms with Crippen molar-refractivity contribution >= 4 is 0 Å². The number of rotatable bonds is 3. The minimum Gasteiger partial charge on any atom is -0.326 e. The number of hydrogen-bond acceptors (Lipinski definition) is 3. The lowest BCUT2D eigenvalue weighted by Gasteiger charge is -2.04. The van der Waals surface area contributed by atoms with Crippen LogP contribution in [-0.2, 0) is 6.54 Å². The third-order valence-electron chi connectivity index (χ3n) is 3.12. The summed E-state index contributed by atoms with van der Waals surface area (Å²) in [5, 5.41) is 7.03.